The van der Waals surface area contributed by atoms with Crippen LogP contribution in [0.25, 0.3) is 0 Å². The summed E-state index contributed by atoms with van der Waals surface area (Å²) in [5.41, 5.74) is -0.991. The van der Waals surface area contributed by atoms with Crippen molar-refractivity contribution < 1.29 is 49.3 Å². The summed E-state index contributed by atoms with van der Waals surface area (Å²) >= 11 is 0. The van der Waals surface area contributed by atoms with Crippen LogP contribution in [0.1, 0.15) is 149 Å². The van der Waals surface area contributed by atoms with Gasteiger partial charge in [0.15, 0.2) is 11.6 Å². The van der Waals surface area contributed by atoms with Crippen LogP contribution in [-0.4, -0.2) is 106 Å². The highest BCUT2D eigenvalue weighted by atomic mass is 16.7. The molecule has 0 aromatic carbocycles. The number of hydrogen-bond donors (Lipinski definition) is 5. The van der Waals surface area contributed by atoms with Crippen molar-refractivity contribution in [2.75, 3.05) is 6.61 Å². The second kappa shape index (κ2) is 13.0. The average molecular weight is 913 g/mol. The Morgan fingerprint density at radius 2 is 1.39 bits per heavy atom. The monoisotopic (exact) mass is 913 g/mol. The molecule has 0 amide bonds. The number of ether oxygens (including phenoxy) is 4. The molecule has 1 aromatic rings. The standard InChI is InChI=1S/C54H76N2O10/c1-26-44-39(64-52(26)14-12-45(3,4)66-52)24-51(50(44,9)61)30-11-10-28-16-34-36(22-47(28,6)31(30)19-41(51)59)56-35-17-29-18-38(57)43-32(48(29,7)23-37(35)55-34)20-40(58)49(8)33(43)21-42-54(49,62)27(2)53(65-42)15-13-46(5,60)25-63-53/h21,26-32,38-40,42-44,57-58,60-62H,10-20,22-25H2,1-9H3/t26-,27+,28-,29+,30+,31-,32-,38-,39-,40+,42-,43+,44-,46-,47-,48-,49+,50-,51-,52?,53+,54+/m0/s1. The number of aliphatic hydroxyl groups excluding tert-OH is 2. The van der Waals surface area contributed by atoms with Gasteiger partial charge < -0.3 is 44.5 Å². The van der Waals surface area contributed by atoms with Gasteiger partial charge in [0.2, 0.25) is 0 Å². The molecular weight excluding hydrogens is 837 g/mol. The van der Waals surface area contributed by atoms with E-state index >= 15 is 0 Å². The molecule has 12 heteroatoms. The van der Waals surface area contributed by atoms with Gasteiger partial charge >= 0.3 is 0 Å². The molecule has 66 heavy (non-hydrogen) atoms. The van der Waals surface area contributed by atoms with E-state index in [4.69, 9.17) is 28.9 Å². The van der Waals surface area contributed by atoms with Crippen LogP contribution < -0.4 is 0 Å². The average Bonchev–Trinajstić information content (AvgIpc) is 3.99. The van der Waals surface area contributed by atoms with Crippen LogP contribution in [0.5, 0.6) is 0 Å². The molecule has 4 aliphatic heterocycles. The highest BCUT2D eigenvalue weighted by Gasteiger charge is 2.80. The maximum atomic E-state index is 14.8. The summed E-state index contributed by atoms with van der Waals surface area (Å²) in [6.45, 7) is 19.0. The van der Waals surface area contributed by atoms with Crippen LogP contribution in [0.4, 0.5) is 0 Å². The van der Waals surface area contributed by atoms with Crippen molar-refractivity contribution in [3.8, 4) is 0 Å². The van der Waals surface area contributed by atoms with Gasteiger partial charge in [-0.05, 0) is 139 Å². The number of aromatic nitrogens is 2. The van der Waals surface area contributed by atoms with Crippen LogP contribution in [0, 0.1) is 74.9 Å². The summed E-state index contributed by atoms with van der Waals surface area (Å²) in [6.07, 6.45) is 9.36. The second-order valence-corrected chi connectivity index (χ2v) is 26.8. The molecule has 22 atom stereocenters. The van der Waals surface area contributed by atoms with E-state index < -0.39 is 63.4 Å². The lowest BCUT2D eigenvalue weighted by Crippen LogP contribution is -2.66. The Balaban J connectivity index is 0.773. The van der Waals surface area contributed by atoms with E-state index in [1.807, 2.05) is 26.8 Å². The third-order valence-corrected chi connectivity index (χ3v) is 23.5. The van der Waals surface area contributed by atoms with Gasteiger partial charge in [0.05, 0.1) is 69.9 Å². The number of aliphatic hydroxyl groups is 5. The molecule has 5 N–H and O–H groups in total. The number of nitrogens with zero attached hydrogens (tertiary/aromatic N) is 2. The minimum atomic E-state index is -1.44. The Morgan fingerprint density at radius 3 is 2.03 bits per heavy atom. The summed E-state index contributed by atoms with van der Waals surface area (Å²) in [4.78, 5) is 25.9. The number of Topliss-reactive ketones (excluding diaryl/α,β-unsaturated/α-hetero) is 1. The topological polar surface area (TPSA) is 181 Å². The van der Waals surface area contributed by atoms with Gasteiger partial charge in [0.25, 0.3) is 0 Å². The van der Waals surface area contributed by atoms with E-state index in [0.717, 1.165) is 79.7 Å². The smallest absolute Gasteiger partial charge is 0.174 e. The first-order valence-electron chi connectivity index (χ1n) is 26.2. The van der Waals surface area contributed by atoms with E-state index in [0.29, 0.717) is 44.4 Å². The van der Waals surface area contributed by atoms with Gasteiger partial charge in [-0.3, -0.25) is 14.8 Å². The number of rotatable bonds is 0. The van der Waals surface area contributed by atoms with Gasteiger partial charge in [0, 0.05) is 48.3 Å². The van der Waals surface area contributed by atoms with Crippen molar-refractivity contribution in [3.05, 3.63) is 34.4 Å². The van der Waals surface area contributed by atoms with Crippen molar-refractivity contribution >= 4 is 5.78 Å². The lowest BCUT2D eigenvalue weighted by Gasteiger charge is -2.62. The van der Waals surface area contributed by atoms with Crippen LogP contribution in [0.3, 0.4) is 0 Å². The zero-order chi connectivity index (χ0) is 46.5. The maximum Gasteiger partial charge on any atom is 0.174 e. The minimum Gasteiger partial charge on any atom is -0.392 e. The lowest BCUT2D eigenvalue weighted by molar-refractivity contribution is -0.289. The Labute approximate surface area is 390 Å². The van der Waals surface area contributed by atoms with Crippen molar-refractivity contribution in [1.82, 2.24) is 9.97 Å². The summed E-state index contributed by atoms with van der Waals surface area (Å²) in [6, 6.07) is 0. The van der Waals surface area contributed by atoms with Gasteiger partial charge in [-0.25, -0.2) is 0 Å². The molecule has 1 unspecified atom stereocenters. The first-order chi connectivity index (χ1) is 30.8. The third kappa shape index (κ3) is 5.02. The Kier molecular flexibility index (Phi) is 8.66. The molecule has 13 rings (SSSR count). The highest BCUT2D eigenvalue weighted by molar-refractivity contribution is 5.90. The van der Waals surface area contributed by atoms with Crippen LogP contribution in [-0.2, 0) is 49.4 Å². The maximum absolute atomic E-state index is 14.8. The molecule has 5 heterocycles. The summed E-state index contributed by atoms with van der Waals surface area (Å²) in [7, 11) is 0. The van der Waals surface area contributed by atoms with E-state index in [9.17, 15) is 30.3 Å². The first kappa shape index (κ1) is 44.1. The quantitative estimate of drug-likeness (QED) is 0.200. The minimum absolute atomic E-state index is 0.0157. The predicted octanol–water partition coefficient (Wildman–Crippen LogP) is 5.73. The molecule has 4 saturated heterocycles. The van der Waals surface area contributed by atoms with Crippen molar-refractivity contribution in [2.24, 2.45) is 74.9 Å². The summed E-state index contributed by atoms with van der Waals surface area (Å²) in [5, 5.41) is 61.3. The summed E-state index contributed by atoms with van der Waals surface area (Å²) < 4.78 is 26.5. The van der Waals surface area contributed by atoms with Gasteiger partial charge in [0.1, 0.15) is 17.5 Å². The number of carbonyl (C=O) groups is 1. The van der Waals surface area contributed by atoms with E-state index in [1.54, 1.807) is 6.92 Å². The van der Waals surface area contributed by atoms with Crippen LogP contribution in [0.15, 0.2) is 11.6 Å². The largest absolute Gasteiger partial charge is 0.392 e. The summed E-state index contributed by atoms with van der Waals surface area (Å²) in [5.74, 6) is -1.71. The van der Waals surface area contributed by atoms with Crippen molar-refractivity contribution in [1.29, 1.82) is 0 Å². The molecule has 12 nitrogen and oxygen atoms in total. The van der Waals surface area contributed by atoms with Crippen molar-refractivity contribution in [3.63, 3.8) is 0 Å². The lowest BCUT2D eigenvalue weighted by atomic mass is 9.44. The van der Waals surface area contributed by atoms with Crippen molar-refractivity contribution in [2.45, 2.75) is 211 Å². The SMILES string of the molecule is C[C@@H]1[C@@]2(CC[C@](C)(O)CO2)O[C@H]2C=C3[C@@H]4[C@@H](O)C[C@H]5Cc6nc7c(nc6C[C@]5(C)[C@H]4C[C@@H](O)[C@]3(C)[C@]21O)C[C@@H]1CC[C@@H]2[C@H](CC(=O)[C@]23C[C@@H]2OC4(CCC(C)(C)O4)[C@@H](C)[C@@H]2[C@]3(C)O)[C@@]1(C)C7. The van der Waals surface area contributed by atoms with Crippen LogP contribution in [0.2, 0.25) is 0 Å². The molecule has 0 bridgehead atoms. The molecule has 12 aliphatic rings. The fourth-order valence-electron chi connectivity index (χ4n) is 19.7. The fourth-order valence-corrected chi connectivity index (χ4v) is 19.7. The second-order valence-electron chi connectivity index (χ2n) is 26.8. The Hall–Kier alpha value is -1.87. The fraction of sp³-hybridized carbons (Fsp3) is 0.870. The number of carbonyl (C=O) groups excluding carboxylic acids is 1. The number of hydrogen-bond acceptors (Lipinski definition) is 12. The molecule has 3 spiro atoms. The normalized spacial score (nSPS) is 59.2. The van der Waals surface area contributed by atoms with Gasteiger partial charge in [-0.1, -0.05) is 46.3 Å². The van der Waals surface area contributed by atoms with Gasteiger partial charge in [-0.2, -0.15) is 0 Å². The molecule has 0 radical (unpaired) electrons. The highest BCUT2D eigenvalue weighted by Crippen LogP contribution is 2.74. The molecule has 1 aromatic heterocycles. The van der Waals surface area contributed by atoms with E-state index in [2.05, 4.69) is 34.6 Å². The first-order valence-corrected chi connectivity index (χ1v) is 26.2. The Morgan fingerprint density at radius 1 is 0.727 bits per heavy atom. The van der Waals surface area contributed by atoms with E-state index in [-0.39, 0.29) is 76.4 Å². The van der Waals surface area contributed by atoms with E-state index in [1.165, 1.54) is 0 Å². The number of ketones is 1. The van der Waals surface area contributed by atoms with Crippen LogP contribution >= 0.6 is 0 Å². The molecule has 9 fully saturated rings. The third-order valence-electron chi connectivity index (χ3n) is 23.5. The zero-order valence-electron chi connectivity index (χ0n) is 40.9. The molecule has 362 valence electrons. The zero-order valence-corrected chi connectivity index (χ0v) is 40.9. The number of fused-ring (bicyclic) bond motifs is 14. The Bertz CT molecular complexity index is 2340. The van der Waals surface area contributed by atoms with Gasteiger partial charge in [-0.15, -0.1) is 0 Å². The molecule has 8 aliphatic carbocycles. The molecule has 5 saturated carbocycles. The predicted molar refractivity (Wildman–Crippen MR) is 240 cm³/mol. The molecular formula is C54H76N2O10.